The summed E-state index contributed by atoms with van der Waals surface area (Å²) >= 11 is 5.64. The molecule has 0 heterocycles. The quantitative estimate of drug-likeness (QED) is 0.589. The van der Waals surface area contributed by atoms with Crippen LogP contribution in [0.1, 0.15) is 15.9 Å². The summed E-state index contributed by atoms with van der Waals surface area (Å²) in [6, 6.07) is 2.11. The fourth-order valence-electron chi connectivity index (χ4n) is 1.14. The number of rotatable bonds is 3. The Bertz CT molecular complexity index is 404. The number of carbonyl (C=O) groups excluding carboxylic acids is 2. The van der Waals surface area contributed by atoms with Crippen LogP contribution in [0.15, 0.2) is 12.1 Å². The number of aldehydes is 1. The molecule has 1 aromatic carbocycles. The summed E-state index contributed by atoms with van der Waals surface area (Å²) < 4.78 is 17.4. The second-order valence-corrected chi connectivity index (χ2v) is 3.24. The van der Waals surface area contributed by atoms with Gasteiger partial charge in [-0.05, 0) is 17.7 Å². The maximum absolute atomic E-state index is 12.9. The molecule has 80 valence electrons. The summed E-state index contributed by atoms with van der Waals surface area (Å²) in [5.74, 6) is -1.15. The van der Waals surface area contributed by atoms with Gasteiger partial charge in [0.25, 0.3) is 0 Å². The van der Waals surface area contributed by atoms with Crippen molar-refractivity contribution in [2.24, 2.45) is 0 Å². The SMILES string of the molecule is COC(=O)Cc1cc(F)cc(Cl)c1C=O. The second-order valence-electron chi connectivity index (χ2n) is 2.83. The number of hydrogen-bond acceptors (Lipinski definition) is 3. The number of halogens is 2. The lowest BCUT2D eigenvalue weighted by atomic mass is 10.1. The third-order valence-corrected chi connectivity index (χ3v) is 2.17. The van der Waals surface area contributed by atoms with Crippen molar-refractivity contribution in [1.29, 1.82) is 0 Å². The highest BCUT2D eigenvalue weighted by Crippen LogP contribution is 2.21. The van der Waals surface area contributed by atoms with Gasteiger partial charge in [-0.25, -0.2) is 4.39 Å². The van der Waals surface area contributed by atoms with Crippen LogP contribution in [0, 0.1) is 5.82 Å². The number of hydrogen-bond donors (Lipinski definition) is 0. The van der Waals surface area contributed by atoms with E-state index in [-0.39, 0.29) is 22.6 Å². The van der Waals surface area contributed by atoms with Gasteiger partial charge in [0, 0.05) is 5.56 Å². The molecule has 0 bridgehead atoms. The zero-order valence-corrected chi connectivity index (χ0v) is 8.68. The smallest absolute Gasteiger partial charge is 0.310 e. The Hall–Kier alpha value is -1.42. The van der Waals surface area contributed by atoms with Gasteiger partial charge in [-0.1, -0.05) is 11.6 Å². The minimum Gasteiger partial charge on any atom is -0.469 e. The maximum atomic E-state index is 12.9. The molecule has 0 atom stereocenters. The van der Waals surface area contributed by atoms with E-state index in [1.807, 2.05) is 0 Å². The molecule has 3 nitrogen and oxygen atoms in total. The predicted octanol–water partition coefficient (Wildman–Crippen LogP) is 2.01. The van der Waals surface area contributed by atoms with Crippen LogP contribution in [0.4, 0.5) is 4.39 Å². The number of carbonyl (C=O) groups is 2. The fourth-order valence-corrected chi connectivity index (χ4v) is 1.41. The molecule has 1 aromatic rings. The van der Waals surface area contributed by atoms with Gasteiger partial charge >= 0.3 is 5.97 Å². The Morgan fingerprint density at radius 3 is 2.80 bits per heavy atom. The van der Waals surface area contributed by atoms with Gasteiger partial charge in [-0.3, -0.25) is 9.59 Å². The van der Waals surface area contributed by atoms with E-state index in [1.165, 1.54) is 7.11 Å². The topological polar surface area (TPSA) is 43.4 Å². The van der Waals surface area contributed by atoms with Crippen molar-refractivity contribution in [2.45, 2.75) is 6.42 Å². The summed E-state index contributed by atoms with van der Waals surface area (Å²) in [6.07, 6.45) is 0.308. The van der Waals surface area contributed by atoms with Crippen LogP contribution in [0.2, 0.25) is 5.02 Å². The predicted molar refractivity (Wildman–Crippen MR) is 52.5 cm³/mol. The molecule has 0 unspecified atom stereocenters. The molecule has 0 amide bonds. The lowest BCUT2D eigenvalue weighted by Crippen LogP contribution is -2.07. The maximum Gasteiger partial charge on any atom is 0.310 e. The van der Waals surface area contributed by atoms with E-state index in [0.29, 0.717) is 6.29 Å². The van der Waals surface area contributed by atoms with Gasteiger partial charge < -0.3 is 4.74 Å². The number of methoxy groups -OCH3 is 1. The molecular formula is C10H8ClFO3. The third kappa shape index (κ3) is 2.76. The molecule has 5 heteroatoms. The van der Waals surface area contributed by atoms with Crippen molar-refractivity contribution >= 4 is 23.9 Å². The Labute approximate surface area is 90.8 Å². The van der Waals surface area contributed by atoms with E-state index in [1.54, 1.807) is 0 Å². The first-order valence-corrected chi connectivity index (χ1v) is 4.46. The first-order chi connectivity index (χ1) is 7.08. The molecule has 0 aliphatic rings. The summed E-state index contributed by atoms with van der Waals surface area (Å²) in [5.41, 5.74) is 0.338. The number of esters is 1. The van der Waals surface area contributed by atoms with E-state index < -0.39 is 11.8 Å². The van der Waals surface area contributed by atoms with Crippen LogP contribution in [0.3, 0.4) is 0 Å². The average molecular weight is 231 g/mol. The molecule has 1 rings (SSSR count). The molecule has 0 saturated heterocycles. The van der Waals surface area contributed by atoms with Crippen molar-refractivity contribution < 1.29 is 18.7 Å². The van der Waals surface area contributed by atoms with Gasteiger partial charge in [0.05, 0.1) is 18.6 Å². The van der Waals surface area contributed by atoms with Gasteiger partial charge in [-0.15, -0.1) is 0 Å². The summed E-state index contributed by atoms with van der Waals surface area (Å²) in [5, 5.41) is -0.0103. The van der Waals surface area contributed by atoms with E-state index >= 15 is 0 Å². The van der Waals surface area contributed by atoms with Gasteiger partial charge in [0.1, 0.15) is 5.82 Å². The molecule has 0 N–H and O–H groups in total. The molecule has 0 fully saturated rings. The summed E-state index contributed by atoms with van der Waals surface area (Å²) in [4.78, 5) is 21.6. The van der Waals surface area contributed by atoms with Crippen molar-refractivity contribution in [1.82, 2.24) is 0 Å². The number of benzene rings is 1. The van der Waals surface area contributed by atoms with Crippen LogP contribution in [0.25, 0.3) is 0 Å². The Morgan fingerprint density at radius 2 is 2.27 bits per heavy atom. The van der Waals surface area contributed by atoms with E-state index in [9.17, 15) is 14.0 Å². The van der Waals surface area contributed by atoms with Gasteiger partial charge in [0.2, 0.25) is 0 Å². The molecule has 0 spiro atoms. The van der Waals surface area contributed by atoms with Crippen molar-refractivity contribution in [3.63, 3.8) is 0 Å². The van der Waals surface area contributed by atoms with E-state index in [4.69, 9.17) is 11.6 Å². The van der Waals surface area contributed by atoms with Crippen molar-refractivity contribution in [3.8, 4) is 0 Å². The highest BCUT2D eigenvalue weighted by atomic mass is 35.5. The van der Waals surface area contributed by atoms with Crippen LogP contribution in [-0.4, -0.2) is 19.4 Å². The van der Waals surface area contributed by atoms with E-state index in [2.05, 4.69) is 4.74 Å². The van der Waals surface area contributed by atoms with Gasteiger partial charge in [-0.2, -0.15) is 0 Å². The second kappa shape index (κ2) is 4.89. The monoisotopic (exact) mass is 230 g/mol. The minimum atomic E-state index is -0.593. The van der Waals surface area contributed by atoms with Crippen LogP contribution < -0.4 is 0 Å². The molecule has 0 radical (unpaired) electrons. The molecule has 0 aliphatic heterocycles. The van der Waals surface area contributed by atoms with Crippen LogP contribution in [-0.2, 0) is 16.0 Å². The molecule has 0 saturated carbocycles. The minimum absolute atomic E-state index is 0.0103. The highest BCUT2D eigenvalue weighted by molar-refractivity contribution is 6.33. The first-order valence-electron chi connectivity index (χ1n) is 4.08. The third-order valence-electron chi connectivity index (χ3n) is 1.86. The first kappa shape index (κ1) is 11.7. The summed E-state index contributed by atoms with van der Waals surface area (Å²) in [6.45, 7) is 0. The zero-order valence-electron chi connectivity index (χ0n) is 7.92. The molecule has 0 aliphatic carbocycles. The molecule has 15 heavy (non-hydrogen) atoms. The zero-order chi connectivity index (χ0) is 11.4. The normalized spacial score (nSPS) is 9.80. The van der Waals surface area contributed by atoms with E-state index in [0.717, 1.165) is 12.1 Å². The number of ether oxygens (including phenoxy) is 1. The summed E-state index contributed by atoms with van der Waals surface area (Å²) in [7, 11) is 1.21. The lowest BCUT2D eigenvalue weighted by Gasteiger charge is -2.05. The standard InChI is InChI=1S/C10H8ClFO3/c1-15-10(14)3-6-2-7(12)4-9(11)8(6)5-13/h2,4-5H,3H2,1H3. The lowest BCUT2D eigenvalue weighted by molar-refractivity contribution is -0.139. The molecular weight excluding hydrogens is 223 g/mol. The van der Waals surface area contributed by atoms with Crippen molar-refractivity contribution in [3.05, 3.63) is 34.1 Å². The van der Waals surface area contributed by atoms with Gasteiger partial charge in [0.15, 0.2) is 6.29 Å². The highest BCUT2D eigenvalue weighted by Gasteiger charge is 2.12. The fraction of sp³-hybridized carbons (Fsp3) is 0.200. The van der Waals surface area contributed by atoms with Crippen LogP contribution >= 0.6 is 11.6 Å². The Morgan fingerprint density at radius 1 is 1.60 bits per heavy atom. The van der Waals surface area contributed by atoms with Crippen molar-refractivity contribution in [2.75, 3.05) is 7.11 Å². The molecule has 0 aromatic heterocycles. The Kier molecular flexibility index (Phi) is 3.80. The Balaban J connectivity index is 3.14. The van der Waals surface area contributed by atoms with Crippen LogP contribution in [0.5, 0.6) is 0 Å². The largest absolute Gasteiger partial charge is 0.469 e. The average Bonchev–Trinajstić information content (AvgIpc) is 2.17.